The molecule has 9 nitrogen and oxygen atoms in total. The van der Waals surface area contributed by atoms with Gasteiger partial charge in [0.1, 0.15) is 18.0 Å². The van der Waals surface area contributed by atoms with Crippen molar-refractivity contribution in [2.24, 2.45) is 5.16 Å². The molecule has 1 saturated heterocycles. The zero-order valence-corrected chi connectivity index (χ0v) is 22.1. The number of oxime groups is 1. The number of hydrogen-bond acceptors (Lipinski definition) is 8. The van der Waals surface area contributed by atoms with E-state index in [1.165, 1.54) is 24.3 Å². The lowest BCUT2D eigenvalue weighted by molar-refractivity contribution is -0.305. The van der Waals surface area contributed by atoms with Crippen molar-refractivity contribution in [2.75, 3.05) is 21.3 Å². The van der Waals surface area contributed by atoms with Gasteiger partial charge in [0.25, 0.3) is 6.29 Å². The van der Waals surface area contributed by atoms with Crippen LogP contribution in [0.15, 0.2) is 66.2 Å². The van der Waals surface area contributed by atoms with E-state index >= 15 is 0 Å². The Balaban J connectivity index is 1.42. The molecule has 0 bridgehead atoms. The Morgan fingerprint density at radius 3 is 2.15 bits per heavy atom. The number of halogens is 3. The summed E-state index contributed by atoms with van der Waals surface area (Å²) in [6.45, 7) is 3.69. The molecule has 2 aromatic carbocycles. The van der Waals surface area contributed by atoms with Gasteiger partial charge in [0.2, 0.25) is 0 Å². The Kier molecular flexibility index (Phi) is 8.90. The predicted molar refractivity (Wildman–Crippen MR) is 136 cm³/mol. The van der Waals surface area contributed by atoms with Gasteiger partial charge in [-0.2, -0.15) is 0 Å². The van der Waals surface area contributed by atoms with E-state index in [1.807, 2.05) is 38.1 Å². The van der Waals surface area contributed by atoms with Gasteiger partial charge in [0, 0.05) is 38.8 Å². The van der Waals surface area contributed by atoms with Crippen LogP contribution < -0.4 is 4.74 Å². The molecule has 0 radical (unpaired) electrons. The molecule has 1 aliphatic heterocycles. The van der Waals surface area contributed by atoms with Crippen molar-refractivity contribution in [1.29, 1.82) is 0 Å². The van der Waals surface area contributed by atoms with Crippen LogP contribution in [0.2, 0.25) is 0 Å². The van der Waals surface area contributed by atoms with E-state index in [0.717, 1.165) is 11.1 Å². The maximum Gasteiger partial charge on any atom is 0.573 e. The number of hydrogen-bond donors (Lipinski definition) is 0. The van der Waals surface area contributed by atoms with Gasteiger partial charge < -0.3 is 33.1 Å². The van der Waals surface area contributed by atoms with Crippen LogP contribution in [-0.4, -0.2) is 73.7 Å². The summed E-state index contributed by atoms with van der Waals surface area (Å²) in [6.07, 6.45) is -3.70. The first kappa shape index (κ1) is 28.6. The average Bonchev–Trinajstić information content (AvgIpc) is 3.41. The van der Waals surface area contributed by atoms with Crippen LogP contribution in [0, 0.1) is 0 Å². The summed E-state index contributed by atoms with van der Waals surface area (Å²) < 4.78 is 65.4. The Bertz CT molecular complexity index is 1250. The molecule has 0 N–H and O–H groups in total. The lowest BCUT2D eigenvalue weighted by Crippen LogP contribution is -2.59. The smallest absolute Gasteiger partial charge is 0.406 e. The highest BCUT2D eigenvalue weighted by Gasteiger charge is 2.47. The lowest BCUT2D eigenvalue weighted by atomic mass is 9.99. The summed E-state index contributed by atoms with van der Waals surface area (Å²) in [5.74, 6) is -0.289. The second kappa shape index (κ2) is 12.2. The molecule has 5 atom stereocenters. The van der Waals surface area contributed by atoms with Gasteiger partial charge in [-0.05, 0) is 43.7 Å². The summed E-state index contributed by atoms with van der Waals surface area (Å²) in [4.78, 5) is 10.1. The first-order valence-electron chi connectivity index (χ1n) is 12.1. The van der Waals surface area contributed by atoms with Crippen molar-refractivity contribution in [3.8, 4) is 22.7 Å². The minimum Gasteiger partial charge on any atom is -0.406 e. The van der Waals surface area contributed by atoms with Crippen LogP contribution in [0.5, 0.6) is 5.75 Å². The summed E-state index contributed by atoms with van der Waals surface area (Å²) in [6, 6.07) is 13.1. The third kappa shape index (κ3) is 6.77. The monoisotopic (exact) mass is 549 g/mol. The van der Waals surface area contributed by atoms with Crippen LogP contribution in [0.4, 0.5) is 13.2 Å². The highest BCUT2D eigenvalue weighted by molar-refractivity contribution is 5.98. The number of nitrogens with zero attached hydrogens (tertiary/aromatic N) is 3. The zero-order chi connectivity index (χ0) is 28.2. The topological polar surface area (TPSA) is 85.6 Å². The molecule has 0 saturated carbocycles. The lowest BCUT2D eigenvalue weighted by Gasteiger charge is -2.42. The van der Waals surface area contributed by atoms with Crippen molar-refractivity contribution in [1.82, 2.24) is 9.55 Å². The minimum atomic E-state index is -4.74. The third-order valence-corrected chi connectivity index (χ3v) is 6.39. The third-order valence-electron chi connectivity index (χ3n) is 6.39. The Hall–Kier alpha value is -3.45. The number of benzene rings is 2. The standard InChI is InChI=1S/C27H30F3N3O6/c1-16(32-39-26-25(36-5)24(35-4)23(34-3)17(2)37-26)18-6-8-19(9-7-18)22-14-33(15-31-22)20-10-12-21(13-11-20)38-27(28,29)30/h6-15,17,23-26H,1-5H3/b32-16+/t17-,23-,24+,25+,26-/m0/s1. The highest BCUT2D eigenvalue weighted by atomic mass is 19.4. The molecule has 0 spiro atoms. The van der Waals surface area contributed by atoms with Crippen LogP contribution in [0.25, 0.3) is 16.9 Å². The molecule has 3 aromatic rings. The van der Waals surface area contributed by atoms with E-state index in [4.69, 9.17) is 23.8 Å². The van der Waals surface area contributed by atoms with E-state index < -0.39 is 24.9 Å². The second-order valence-corrected chi connectivity index (χ2v) is 8.88. The minimum absolute atomic E-state index is 0.289. The van der Waals surface area contributed by atoms with Crippen molar-refractivity contribution in [3.05, 3.63) is 66.6 Å². The fourth-order valence-corrected chi connectivity index (χ4v) is 4.40. The van der Waals surface area contributed by atoms with Gasteiger partial charge in [-0.25, -0.2) is 4.98 Å². The Morgan fingerprint density at radius 1 is 0.923 bits per heavy atom. The molecule has 0 aliphatic carbocycles. The van der Waals surface area contributed by atoms with Gasteiger partial charge in [-0.1, -0.05) is 29.4 Å². The number of methoxy groups -OCH3 is 3. The summed E-state index contributed by atoms with van der Waals surface area (Å²) in [5.41, 5.74) is 3.63. The van der Waals surface area contributed by atoms with Crippen molar-refractivity contribution in [3.63, 3.8) is 0 Å². The second-order valence-electron chi connectivity index (χ2n) is 8.88. The zero-order valence-electron chi connectivity index (χ0n) is 22.1. The molecule has 1 aliphatic rings. The average molecular weight is 550 g/mol. The molecule has 210 valence electrons. The van der Waals surface area contributed by atoms with Gasteiger partial charge in [0.05, 0.1) is 23.8 Å². The van der Waals surface area contributed by atoms with E-state index in [-0.39, 0.29) is 18.0 Å². The fraction of sp³-hybridized carbons (Fsp3) is 0.407. The van der Waals surface area contributed by atoms with E-state index in [0.29, 0.717) is 17.1 Å². The Morgan fingerprint density at radius 2 is 1.56 bits per heavy atom. The molecule has 1 aromatic heterocycles. The summed E-state index contributed by atoms with van der Waals surface area (Å²) in [5, 5.41) is 4.26. The maximum atomic E-state index is 12.4. The van der Waals surface area contributed by atoms with Crippen LogP contribution in [0.3, 0.4) is 0 Å². The Labute approximate surface area is 224 Å². The van der Waals surface area contributed by atoms with Crippen LogP contribution in [-0.2, 0) is 23.8 Å². The SMILES string of the molecule is CO[C@@H]1[C@@H](OC)[C@H](C)O[C@@H](O/N=C(\C)c2ccc(-c3cn(-c4ccc(OC(F)(F)F)cc4)cn3)cc2)[C@@H]1OC. The number of rotatable bonds is 9. The van der Waals surface area contributed by atoms with Crippen molar-refractivity contribution < 1.29 is 41.7 Å². The van der Waals surface area contributed by atoms with Gasteiger partial charge >= 0.3 is 6.36 Å². The van der Waals surface area contributed by atoms with Crippen molar-refractivity contribution >= 4 is 5.71 Å². The van der Waals surface area contributed by atoms with Gasteiger partial charge in [0.15, 0.2) is 6.10 Å². The number of aromatic nitrogens is 2. The number of ether oxygens (including phenoxy) is 5. The van der Waals surface area contributed by atoms with E-state index in [9.17, 15) is 13.2 Å². The first-order valence-corrected chi connectivity index (χ1v) is 12.1. The van der Waals surface area contributed by atoms with Crippen LogP contribution in [0.1, 0.15) is 19.4 Å². The largest absolute Gasteiger partial charge is 0.573 e. The molecule has 0 unspecified atom stereocenters. The first-order chi connectivity index (χ1) is 18.6. The maximum absolute atomic E-state index is 12.4. The normalized spacial score (nSPS) is 24.0. The van der Waals surface area contributed by atoms with E-state index in [1.54, 1.807) is 38.4 Å². The fourth-order valence-electron chi connectivity index (χ4n) is 4.40. The molecule has 1 fully saturated rings. The number of alkyl halides is 3. The number of imidazole rings is 1. The molecule has 39 heavy (non-hydrogen) atoms. The molecule has 2 heterocycles. The summed E-state index contributed by atoms with van der Waals surface area (Å²) in [7, 11) is 4.72. The molecular formula is C27H30F3N3O6. The van der Waals surface area contributed by atoms with E-state index in [2.05, 4.69) is 14.9 Å². The highest BCUT2D eigenvalue weighted by Crippen LogP contribution is 2.28. The molecule has 4 rings (SSSR count). The van der Waals surface area contributed by atoms with Crippen molar-refractivity contribution in [2.45, 2.75) is 50.9 Å². The van der Waals surface area contributed by atoms with Gasteiger partial charge in [-0.3, -0.25) is 0 Å². The quantitative estimate of drug-likeness (QED) is 0.275. The molecule has 12 heteroatoms. The van der Waals surface area contributed by atoms with Crippen LogP contribution >= 0.6 is 0 Å². The molecular weight excluding hydrogens is 519 g/mol. The summed E-state index contributed by atoms with van der Waals surface area (Å²) >= 11 is 0. The van der Waals surface area contributed by atoms with Gasteiger partial charge in [-0.15, -0.1) is 13.2 Å². The molecule has 0 amide bonds. The predicted octanol–water partition coefficient (Wildman–Crippen LogP) is 4.97.